The van der Waals surface area contributed by atoms with E-state index in [1.807, 2.05) is 13.8 Å². The van der Waals surface area contributed by atoms with Gasteiger partial charge in [-0.3, -0.25) is 14.6 Å². The topological polar surface area (TPSA) is 93.1 Å². The van der Waals surface area contributed by atoms with Crippen LogP contribution in [0.5, 0.6) is 0 Å². The standard InChI is InChI=1S/C16H21N5O3/c1-10-11(2)17-18-13(10)4-5-15(22)20-6-7-21-12(9-20)8-14(19-21)16(23)24-3/h8H,4-7,9H2,1-3H3,(H,17,18). The van der Waals surface area contributed by atoms with Crippen molar-refractivity contribution in [3.05, 3.63) is 34.4 Å². The smallest absolute Gasteiger partial charge is 0.358 e. The molecule has 8 nitrogen and oxygen atoms in total. The summed E-state index contributed by atoms with van der Waals surface area (Å²) in [7, 11) is 1.33. The molecule has 8 heteroatoms. The lowest BCUT2D eigenvalue weighted by molar-refractivity contribution is -0.132. The third-order valence-electron chi connectivity index (χ3n) is 4.47. The molecule has 1 aliphatic rings. The van der Waals surface area contributed by atoms with Crippen LogP contribution in [0.4, 0.5) is 0 Å². The van der Waals surface area contributed by atoms with Crippen LogP contribution >= 0.6 is 0 Å². The van der Waals surface area contributed by atoms with Crippen LogP contribution in [0.25, 0.3) is 0 Å². The first-order valence-corrected chi connectivity index (χ1v) is 7.93. The molecule has 0 fully saturated rings. The van der Waals surface area contributed by atoms with Gasteiger partial charge in [-0.1, -0.05) is 0 Å². The molecule has 2 aromatic heterocycles. The number of hydrogen-bond donors (Lipinski definition) is 1. The summed E-state index contributed by atoms with van der Waals surface area (Å²) in [5.41, 5.74) is 4.22. The molecule has 0 saturated carbocycles. The first kappa shape index (κ1) is 16.2. The first-order chi connectivity index (χ1) is 11.5. The van der Waals surface area contributed by atoms with Crippen molar-refractivity contribution in [2.75, 3.05) is 13.7 Å². The first-order valence-electron chi connectivity index (χ1n) is 7.93. The number of nitrogens with one attached hydrogen (secondary N) is 1. The molecule has 0 radical (unpaired) electrons. The van der Waals surface area contributed by atoms with E-state index in [2.05, 4.69) is 20.0 Å². The fraction of sp³-hybridized carbons (Fsp3) is 0.500. The van der Waals surface area contributed by atoms with E-state index in [-0.39, 0.29) is 11.6 Å². The zero-order chi connectivity index (χ0) is 17.3. The van der Waals surface area contributed by atoms with E-state index < -0.39 is 5.97 Å². The van der Waals surface area contributed by atoms with Gasteiger partial charge in [0.25, 0.3) is 0 Å². The van der Waals surface area contributed by atoms with Crippen LogP contribution < -0.4 is 0 Å². The van der Waals surface area contributed by atoms with E-state index in [9.17, 15) is 9.59 Å². The average molecular weight is 331 g/mol. The molecule has 1 amide bonds. The SMILES string of the molecule is COC(=O)c1cc2n(n1)CCN(C(=O)CCc1n[nH]c(C)c1C)C2. The Bertz CT molecular complexity index is 777. The fourth-order valence-electron chi connectivity index (χ4n) is 2.85. The Morgan fingerprint density at radius 1 is 1.33 bits per heavy atom. The van der Waals surface area contributed by atoms with Gasteiger partial charge in [0.05, 0.1) is 31.6 Å². The molecule has 0 atom stereocenters. The Labute approximate surface area is 139 Å². The van der Waals surface area contributed by atoms with E-state index in [0.29, 0.717) is 32.5 Å². The number of esters is 1. The van der Waals surface area contributed by atoms with E-state index in [1.54, 1.807) is 15.6 Å². The van der Waals surface area contributed by atoms with Crippen molar-refractivity contribution in [3.63, 3.8) is 0 Å². The molecule has 0 bridgehead atoms. The summed E-state index contributed by atoms with van der Waals surface area (Å²) in [6, 6.07) is 1.69. The number of hydrogen-bond acceptors (Lipinski definition) is 5. The Morgan fingerprint density at radius 3 is 2.79 bits per heavy atom. The van der Waals surface area contributed by atoms with Crippen molar-refractivity contribution in [1.29, 1.82) is 0 Å². The third kappa shape index (κ3) is 3.04. The highest BCUT2D eigenvalue weighted by Gasteiger charge is 2.24. The lowest BCUT2D eigenvalue weighted by atomic mass is 10.1. The summed E-state index contributed by atoms with van der Waals surface area (Å²) in [5, 5.41) is 11.4. The normalized spacial score (nSPS) is 13.7. The van der Waals surface area contributed by atoms with Gasteiger partial charge in [0.15, 0.2) is 5.69 Å². The quantitative estimate of drug-likeness (QED) is 0.843. The van der Waals surface area contributed by atoms with Crippen LogP contribution in [0.1, 0.15) is 39.6 Å². The van der Waals surface area contributed by atoms with Gasteiger partial charge in [0, 0.05) is 25.1 Å². The summed E-state index contributed by atoms with van der Waals surface area (Å²) < 4.78 is 6.44. The maximum atomic E-state index is 12.5. The zero-order valence-electron chi connectivity index (χ0n) is 14.1. The highest BCUT2D eigenvalue weighted by molar-refractivity contribution is 5.87. The van der Waals surface area contributed by atoms with Crippen molar-refractivity contribution in [2.24, 2.45) is 0 Å². The van der Waals surface area contributed by atoms with Gasteiger partial charge in [-0.2, -0.15) is 10.2 Å². The molecule has 3 rings (SSSR count). The van der Waals surface area contributed by atoms with Crippen LogP contribution in [-0.4, -0.2) is 50.4 Å². The lowest BCUT2D eigenvalue weighted by Crippen LogP contribution is -2.38. The second-order valence-electron chi connectivity index (χ2n) is 5.97. The Kier molecular flexibility index (Phi) is 4.37. The van der Waals surface area contributed by atoms with E-state index >= 15 is 0 Å². The number of aryl methyl sites for hydroxylation is 2. The van der Waals surface area contributed by atoms with Crippen molar-refractivity contribution in [1.82, 2.24) is 24.9 Å². The molecule has 128 valence electrons. The molecule has 1 N–H and O–H groups in total. The molecular formula is C16H21N5O3. The zero-order valence-corrected chi connectivity index (χ0v) is 14.1. The van der Waals surface area contributed by atoms with Gasteiger partial charge < -0.3 is 9.64 Å². The number of H-pyrrole nitrogens is 1. The number of rotatable bonds is 4. The predicted molar refractivity (Wildman–Crippen MR) is 85.4 cm³/mol. The van der Waals surface area contributed by atoms with Gasteiger partial charge in [-0.05, 0) is 25.5 Å². The van der Waals surface area contributed by atoms with Crippen LogP contribution in [0, 0.1) is 13.8 Å². The molecule has 2 aromatic rings. The number of carbonyl (C=O) groups is 2. The maximum Gasteiger partial charge on any atom is 0.358 e. The van der Waals surface area contributed by atoms with Crippen LogP contribution in [-0.2, 0) is 29.0 Å². The van der Waals surface area contributed by atoms with Gasteiger partial charge in [-0.25, -0.2) is 4.79 Å². The number of nitrogens with zero attached hydrogens (tertiary/aromatic N) is 4. The number of carbonyl (C=O) groups excluding carboxylic acids is 2. The van der Waals surface area contributed by atoms with Crippen LogP contribution in [0.2, 0.25) is 0 Å². The van der Waals surface area contributed by atoms with Gasteiger partial charge in [0.1, 0.15) is 0 Å². The Hall–Kier alpha value is -2.64. The molecule has 0 spiro atoms. The summed E-state index contributed by atoms with van der Waals surface area (Å²) in [5.74, 6) is -0.374. The highest BCUT2D eigenvalue weighted by atomic mass is 16.5. The predicted octanol–water partition coefficient (Wildman–Crippen LogP) is 0.985. The molecule has 0 saturated heterocycles. The van der Waals surface area contributed by atoms with Crippen molar-refractivity contribution in [2.45, 2.75) is 39.8 Å². The lowest BCUT2D eigenvalue weighted by Gasteiger charge is -2.27. The number of fused-ring (bicyclic) bond motifs is 1. The van der Waals surface area contributed by atoms with Crippen molar-refractivity contribution >= 4 is 11.9 Å². The Morgan fingerprint density at radius 2 is 2.12 bits per heavy atom. The minimum atomic E-state index is -0.459. The fourth-order valence-corrected chi connectivity index (χ4v) is 2.85. The molecule has 0 unspecified atom stereocenters. The van der Waals surface area contributed by atoms with Crippen molar-refractivity contribution < 1.29 is 14.3 Å². The summed E-state index contributed by atoms with van der Waals surface area (Å²) >= 11 is 0. The average Bonchev–Trinajstić information content (AvgIpc) is 3.15. The largest absolute Gasteiger partial charge is 0.464 e. The summed E-state index contributed by atoms with van der Waals surface area (Å²) in [6.45, 7) is 5.61. The van der Waals surface area contributed by atoms with Crippen LogP contribution in [0.3, 0.4) is 0 Å². The molecule has 1 aliphatic heterocycles. The minimum absolute atomic E-state index is 0.0853. The summed E-state index contributed by atoms with van der Waals surface area (Å²) in [6.07, 6.45) is 1.04. The van der Waals surface area contributed by atoms with Crippen molar-refractivity contribution in [3.8, 4) is 0 Å². The number of ether oxygens (including phenoxy) is 1. The number of aromatic nitrogens is 4. The summed E-state index contributed by atoms with van der Waals surface area (Å²) in [4.78, 5) is 25.8. The van der Waals surface area contributed by atoms with Gasteiger partial charge in [-0.15, -0.1) is 0 Å². The highest BCUT2D eigenvalue weighted by Crippen LogP contribution is 2.17. The van der Waals surface area contributed by atoms with Gasteiger partial charge in [0.2, 0.25) is 5.91 Å². The third-order valence-corrected chi connectivity index (χ3v) is 4.47. The monoisotopic (exact) mass is 331 g/mol. The van der Waals surface area contributed by atoms with Crippen LogP contribution in [0.15, 0.2) is 6.07 Å². The van der Waals surface area contributed by atoms with Gasteiger partial charge >= 0.3 is 5.97 Å². The van der Waals surface area contributed by atoms with E-state index in [0.717, 1.165) is 22.6 Å². The minimum Gasteiger partial charge on any atom is -0.464 e. The Balaban J connectivity index is 1.62. The molecular weight excluding hydrogens is 310 g/mol. The molecule has 24 heavy (non-hydrogen) atoms. The molecule has 3 heterocycles. The van der Waals surface area contributed by atoms with E-state index in [4.69, 9.17) is 0 Å². The number of methoxy groups -OCH3 is 1. The maximum absolute atomic E-state index is 12.5. The van der Waals surface area contributed by atoms with E-state index in [1.165, 1.54) is 7.11 Å². The molecule has 0 aromatic carbocycles. The second-order valence-corrected chi connectivity index (χ2v) is 5.97. The second kappa shape index (κ2) is 6.46. The molecule has 0 aliphatic carbocycles. The number of amides is 1. The number of aromatic amines is 1.